The van der Waals surface area contributed by atoms with Crippen LogP contribution in [0.3, 0.4) is 0 Å². The summed E-state index contributed by atoms with van der Waals surface area (Å²) in [7, 11) is 1.83. The molecule has 8 nitrogen and oxygen atoms in total. The quantitative estimate of drug-likeness (QED) is 0.320. The zero-order chi connectivity index (χ0) is 26.0. The number of aryl methyl sites for hydroxylation is 2. The van der Waals surface area contributed by atoms with E-state index in [1.807, 2.05) is 26.2 Å². The van der Waals surface area contributed by atoms with Gasteiger partial charge < -0.3 is 19.4 Å². The topological polar surface area (TPSA) is 91.2 Å². The van der Waals surface area contributed by atoms with Gasteiger partial charge in [0.2, 0.25) is 5.88 Å². The molecule has 10 heteroatoms. The van der Waals surface area contributed by atoms with E-state index < -0.39 is 17.5 Å². The average Bonchev–Trinajstić information content (AvgIpc) is 3.13. The summed E-state index contributed by atoms with van der Waals surface area (Å²) < 4.78 is 28.8. The number of halogens is 2. The average molecular weight is 512 g/mol. The van der Waals surface area contributed by atoms with Crippen LogP contribution in [0.1, 0.15) is 32.0 Å². The summed E-state index contributed by atoms with van der Waals surface area (Å²) in [6.07, 6.45) is 2.79. The van der Waals surface area contributed by atoms with Crippen LogP contribution < -0.4 is 10.1 Å². The number of alkyl carbamates (subject to hydrolysis) is 1. The number of amides is 1. The summed E-state index contributed by atoms with van der Waals surface area (Å²) >= 11 is 6.41. The van der Waals surface area contributed by atoms with Crippen molar-refractivity contribution >= 4 is 28.7 Å². The van der Waals surface area contributed by atoms with Crippen LogP contribution in [0.5, 0.6) is 11.6 Å². The first-order chi connectivity index (χ1) is 17.0. The molecule has 0 saturated heterocycles. The standard InChI is InChI=1S/C26H27ClFN5O3/c1-15-7-6-8-20(32-15)35-19-10-9-16(18-13-33(5)24-21(18)23(27)30-14-31-24)17(22(19)28)11-12-29-25(34)36-26(2,3)4/h6-10,13-14H,11-12H2,1-5H3,(H,29,34). The number of nitrogens with zero attached hydrogens (tertiary/aromatic N) is 4. The molecule has 1 aromatic carbocycles. The first kappa shape index (κ1) is 25.4. The number of hydrogen-bond donors (Lipinski definition) is 1. The SMILES string of the molecule is Cc1cccc(Oc2ccc(-c3cn(C)c4ncnc(Cl)c34)c(CCNC(=O)OC(C)(C)C)c2F)n1. The van der Waals surface area contributed by atoms with Crippen LogP contribution >= 0.6 is 11.6 Å². The van der Waals surface area contributed by atoms with Crippen molar-refractivity contribution in [3.8, 4) is 22.8 Å². The van der Waals surface area contributed by atoms with Gasteiger partial charge in [-0.15, -0.1) is 0 Å². The van der Waals surface area contributed by atoms with Crippen LogP contribution in [0.25, 0.3) is 22.2 Å². The number of carbonyl (C=O) groups is 1. The minimum atomic E-state index is -0.644. The molecule has 0 radical (unpaired) electrons. The Kier molecular flexibility index (Phi) is 7.12. The van der Waals surface area contributed by atoms with Crippen molar-refractivity contribution in [1.82, 2.24) is 24.8 Å². The number of hydrogen-bond acceptors (Lipinski definition) is 6. The molecule has 0 aliphatic rings. The van der Waals surface area contributed by atoms with Crippen molar-refractivity contribution < 1.29 is 18.7 Å². The van der Waals surface area contributed by atoms with E-state index in [1.165, 1.54) is 6.33 Å². The largest absolute Gasteiger partial charge is 0.444 e. The minimum absolute atomic E-state index is 0.0201. The Bertz CT molecular complexity index is 1430. The summed E-state index contributed by atoms with van der Waals surface area (Å²) in [6, 6.07) is 8.58. The highest BCUT2D eigenvalue weighted by molar-refractivity contribution is 6.35. The fourth-order valence-corrected chi connectivity index (χ4v) is 4.07. The third-order valence-electron chi connectivity index (χ3n) is 5.33. The number of benzene rings is 1. The predicted molar refractivity (Wildman–Crippen MR) is 136 cm³/mol. The number of aromatic nitrogens is 4. The van der Waals surface area contributed by atoms with Gasteiger partial charge in [0, 0.05) is 42.7 Å². The predicted octanol–water partition coefficient (Wildman–Crippen LogP) is 5.99. The normalized spacial score (nSPS) is 11.5. The molecule has 4 rings (SSSR count). The molecule has 0 aliphatic carbocycles. The van der Waals surface area contributed by atoms with E-state index in [2.05, 4.69) is 20.3 Å². The number of fused-ring (bicyclic) bond motifs is 1. The Hall–Kier alpha value is -3.72. The van der Waals surface area contributed by atoms with Gasteiger partial charge in [0.25, 0.3) is 0 Å². The second-order valence-corrected chi connectivity index (χ2v) is 9.68. The third kappa shape index (κ3) is 5.57. The Morgan fingerprint density at radius 1 is 1.17 bits per heavy atom. The summed E-state index contributed by atoms with van der Waals surface area (Å²) in [4.78, 5) is 24.9. The van der Waals surface area contributed by atoms with Crippen LogP contribution in [0.2, 0.25) is 5.15 Å². The van der Waals surface area contributed by atoms with Crippen LogP contribution in [0.15, 0.2) is 42.9 Å². The maximum Gasteiger partial charge on any atom is 0.407 e. The maximum absolute atomic E-state index is 15.9. The van der Waals surface area contributed by atoms with Crippen LogP contribution in [-0.4, -0.2) is 37.8 Å². The number of nitrogens with one attached hydrogen (secondary N) is 1. The highest BCUT2D eigenvalue weighted by Gasteiger charge is 2.22. The van der Waals surface area contributed by atoms with Crippen LogP contribution in [-0.2, 0) is 18.2 Å². The van der Waals surface area contributed by atoms with E-state index in [4.69, 9.17) is 21.1 Å². The van der Waals surface area contributed by atoms with Crippen LogP contribution in [0, 0.1) is 12.7 Å². The van der Waals surface area contributed by atoms with Gasteiger partial charge in [0.05, 0.1) is 5.39 Å². The van der Waals surface area contributed by atoms with Crippen molar-refractivity contribution in [3.05, 3.63) is 65.1 Å². The molecule has 0 unspecified atom stereocenters. The lowest BCUT2D eigenvalue weighted by atomic mass is 9.97. The molecule has 0 saturated carbocycles. The van der Waals surface area contributed by atoms with Gasteiger partial charge in [0.15, 0.2) is 11.6 Å². The zero-order valence-electron chi connectivity index (χ0n) is 20.7. The third-order valence-corrected chi connectivity index (χ3v) is 5.61. The minimum Gasteiger partial charge on any atom is -0.444 e. The number of ether oxygens (including phenoxy) is 2. The zero-order valence-corrected chi connectivity index (χ0v) is 21.5. The number of carbonyl (C=O) groups excluding carboxylic acids is 1. The van der Waals surface area contributed by atoms with Gasteiger partial charge in [-0.1, -0.05) is 23.7 Å². The van der Waals surface area contributed by atoms with E-state index in [-0.39, 0.29) is 29.7 Å². The lowest BCUT2D eigenvalue weighted by Gasteiger charge is -2.20. The first-order valence-electron chi connectivity index (χ1n) is 11.4. The van der Waals surface area contributed by atoms with Gasteiger partial charge in [-0.05, 0) is 51.8 Å². The van der Waals surface area contributed by atoms with E-state index in [0.29, 0.717) is 27.7 Å². The van der Waals surface area contributed by atoms with E-state index >= 15 is 4.39 Å². The molecule has 0 fully saturated rings. The molecule has 4 aromatic rings. The van der Waals surface area contributed by atoms with Gasteiger partial charge in [-0.25, -0.2) is 24.1 Å². The lowest BCUT2D eigenvalue weighted by Crippen LogP contribution is -2.33. The molecule has 188 valence electrons. The lowest BCUT2D eigenvalue weighted by molar-refractivity contribution is 0.0528. The fourth-order valence-electron chi connectivity index (χ4n) is 3.84. The molecule has 3 aromatic heterocycles. The molecule has 0 bridgehead atoms. The van der Waals surface area contributed by atoms with Crippen molar-refractivity contribution in [1.29, 1.82) is 0 Å². The highest BCUT2D eigenvalue weighted by atomic mass is 35.5. The summed E-state index contributed by atoms with van der Waals surface area (Å²) in [5.74, 6) is -0.264. The van der Waals surface area contributed by atoms with Crippen molar-refractivity contribution in [2.75, 3.05) is 6.54 Å². The molecule has 0 aliphatic heterocycles. The summed E-state index contributed by atoms with van der Waals surface area (Å²) in [5.41, 5.74) is 2.32. The molecular formula is C26H27ClFN5O3. The summed E-state index contributed by atoms with van der Waals surface area (Å²) in [6.45, 7) is 7.29. The number of rotatable bonds is 6. The summed E-state index contributed by atoms with van der Waals surface area (Å²) in [5, 5.41) is 3.56. The number of pyridine rings is 1. The molecule has 1 N–H and O–H groups in total. The van der Waals surface area contributed by atoms with Crippen molar-refractivity contribution in [2.45, 2.75) is 39.7 Å². The first-order valence-corrected chi connectivity index (χ1v) is 11.8. The Balaban J connectivity index is 1.74. The second-order valence-electron chi connectivity index (χ2n) is 9.32. The van der Waals surface area contributed by atoms with E-state index in [1.54, 1.807) is 49.6 Å². The van der Waals surface area contributed by atoms with Gasteiger partial charge in [-0.3, -0.25) is 0 Å². The molecule has 1 amide bonds. The van der Waals surface area contributed by atoms with Crippen molar-refractivity contribution in [3.63, 3.8) is 0 Å². The Morgan fingerprint density at radius 3 is 2.67 bits per heavy atom. The van der Waals surface area contributed by atoms with Gasteiger partial charge in [-0.2, -0.15) is 0 Å². The van der Waals surface area contributed by atoms with Gasteiger partial charge >= 0.3 is 6.09 Å². The van der Waals surface area contributed by atoms with Crippen molar-refractivity contribution in [2.24, 2.45) is 7.05 Å². The Morgan fingerprint density at radius 2 is 1.94 bits per heavy atom. The highest BCUT2D eigenvalue weighted by Crippen LogP contribution is 2.38. The van der Waals surface area contributed by atoms with Gasteiger partial charge in [0.1, 0.15) is 22.7 Å². The Labute approximate surface area is 213 Å². The van der Waals surface area contributed by atoms with E-state index in [9.17, 15) is 4.79 Å². The molecule has 3 heterocycles. The second kappa shape index (κ2) is 10.1. The van der Waals surface area contributed by atoms with Crippen LogP contribution in [0.4, 0.5) is 9.18 Å². The smallest absolute Gasteiger partial charge is 0.407 e. The molecule has 36 heavy (non-hydrogen) atoms. The molecule has 0 spiro atoms. The monoisotopic (exact) mass is 511 g/mol. The molecule has 0 atom stereocenters. The fraction of sp³-hybridized carbons (Fsp3) is 0.308. The van der Waals surface area contributed by atoms with E-state index in [0.717, 1.165) is 5.69 Å². The maximum atomic E-state index is 15.9. The molecular weight excluding hydrogens is 485 g/mol.